The largest absolute Gasteiger partial charge is 0.497 e. The SMILES string of the molecule is COc1ccc(CC(=O)NCCNC(=O)CC(C)C)cc1. The summed E-state index contributed by atoms with van der Waals surface area (Å²) in [6, 6.07) is 7.38. The zero-order valence-electron chi connectivity index (χ0n) is 12.9. The third-order valence-electron chi connectivity index (χ3n) is 2.89. The molecule has 0 saturated heterocycles. The Balaban J connectivity index is 2.20. The first-order valence-electron chi connectivity index (χ1n) is 7.17. The van der Waals surface area contributed by atoms with E-state index in [-0.39, 0.29) is 11.8 Å². The van der Waals surface area contributed by atoms with E-state index in [2.05, 4.69) is 10.6 Å². The van der Waals surface area contributed by atoms with Crippen molar-refractivity contribution in [2.24, 2.45) is 5.92 Å². The molecule has 21 heavy (non-hydrogen) atoms. The summed E-state index contributed by atoms with van der Waals surface area (Å²) in [6.45, 7) is 4.89. The minimum atomic E-state index is -0.0572. The maximum Gasteiger partial charge on any atom is 0.224 e. The number of nitrogens with one attached hydrogen (secondary N) is 2. The molecule has 0 aliphatic heterocycles. The average Bonchev–Trinajstić information content (AvgIpc) is 2.44. The van der Waals surface area contributed by atoms with E-state index in [1.807, 2.05) is 38.1 Å². The molecule has 5 heteroatoms. The summed E-state index contributed by atoms with van der Waals surface area (Å²) in [7, 11) is 1.61. The fourth-order valence-electron chi connectivity index (χ4n) is 1.84. The summed E-state index contributed by atoms with van der Waals surface area (Å²) in [5.41, 5.74) is 0.928. The molecule has 2 N–H and O–H groups in total. The number of ether oxygens (including phenoxy) is 1. The Kier molecular flexibility index (Phi) is 7.29. The molecule has 0 heterocycles. The van der Waals surface area contributed by atoms with E-state index in [1.54, 1.807) is 7.11 Å². The summed E-state index contributed by atoms with van der Waals surface area (Å²) in [4.78, 5) is 23.1. The van der Waals surface area contributed by atoms with Gasteiger partial charge in [-0.2, -0.15) is 0 Å². The minimum Gasteiger partial charge on any atom is -0.497 e. The van der Waals surface area contributed by atoms with Crippen LogP contribution >= 0.6 is 0 Å². The van der Waals surface area contributed by atoms with Gasteiger partial charge < -0.3 is 15.4 Å². The molecule has 0 unspecified atom stereocenters. The summed E-state index contributed by atoms with van der Waals surface area (Å²) in [5, 5.41) is 5.56. The van der Waals surface area contributed by atoms with E-state index in [0.29, 0.717) is 31.8 Å². The Labute approximate surface area is 126 Å². The molecule has 0 bridgehead atoms. The first-order valence-corrected chi connectivity index (χ1v) is 7.17. The van der Waals surface area contributed by atoms with E-state index in [0.717, 1.165) is 11.3 Å². The zero-order chi connectivity index (χ0) is 15.7. The van der Waals surface area contributed by atoms with Gasteiger partial charge >= 0.3 is 0 Å². The van der Waals surface area contributed by atoms with E-state index >= 15 is 0 Å². The molecule has 1 aromatic rings. The number of benzene rings is 1. The van der Waals surface area contributed by atoms with Crippen LogP contribution in [-0.4, -0.2) is 32.0 Å². The van der Waals surface area contributed by atoms with E-state index < -0.39 is 0 Å². The van der Waals surface area contributed by atoms with Gasteiger partial charge in [-0.25, -0.2) is 0 Å². The topological polar surface area (TPSA) is 67.4 Å². The quantitative estimate of drug-likeness (QED) is 0.714. The molecular weight excluding hydrogens is 268 g/mol. The van der Waals surface area contributed by atoms with Crippen molar-refractivity contribution in [3.05, 3.63) is 29.8 Å². The molecular formula is C16H24N2O3. The van der Waals surface area contributed by atoms with Gasteiger partial charge in [0.2, 0.25) is 11.8 Å². The Morgan fingerprint density at radius 2 is 1.62 bits per heavy atom. The van der Waals surface area contributed by atoms with Crippen LogP contribution in [0.25, 0.3) is 0 Å². The molecule has 0 atom stereocenters. The normalized spacial score (nSPS) is 10.3. The van der Waals surface area contributed by atoms with Crippen molar-refractivity contribution in [3.63, 3.8) is 0 Å². The number of methoxy groups -OCH3 is 1. The maximum absolute atomic E-state index is 11.7. The van der Waals surface area contributed by atoms with Gasteiger partial charge in [0.15, 0.2) is 0 Å². The van der Waals surface area contributed by atoms with Gasteiger partial charge in [-0.1, -0.05) is 26.0 Å². The fourth-order valence-corrected chi connectivity index (χ4v) is 1.84. The van der Waals surface area contributed by atoms with Crippen LogP contribution in [0.1, 0.15) is 25.8 Å². The van der Waals surface area contributed by atoms with Gasteiger partial charge in [-0.15, -0.1) is 0 Å². The van der Waals surface area contributed by atoms with Crippen molar-refractivity contribution in [1.82, 2.24) is 10.6 Å². The predicted octanol–water partition coefficient (Wildman–Crippen LogP) is 1.52. The Morgan fingerprint density at radius 3 is 2.14 bits per heavy atom. The van der Waals surface area contributed by atoms with Crippen LogP contribution in [0.5, 0.6) is 5.75 Å². The molecule has 0 saturated carbocycles. The molecule has 1 aromatic carbocycles. The van der Waals surface area contributed by atoms with E-state index in [4.69, 9.17) is 4.74 Å². The lowest BCUT2D eigenvalue weighted by Crippen LogP contribution is -2.35. The minimum absolute atomic E-state index is 0.0226. The molecule has 0 radical (unpaired) electrons. The smallest absolute Gasteiger partial charge is 0.224 e. The van der Waals surface area contributed by atoms with Crippen molar-refractivity contribution >= 4 is 11.8 Å². The summed E-state index contributed by atoms with van der Waals surface area (Å²) < 4.78 is 5.06. The predicted molar refractivity (Wildman–Crippen MR) is 82.2 cm³/mol. The summed E-state index contributed by atoms with van der Waals surface area (Å²) >= 11 is 0. The molecule has 0 aliphatic rings. The molecule has 116 valence electrons. The van der Waals surface area contributed by atoms with Crippen LogP contribution in [0.2, 0.25) is 0 Å². The van der Waals surface area contributed by atoms with Gasteiger partial charge in [0.25, 0.3) is 0 Å². The molecule has 1 rings (SSSR count). The first kappa shape index (κ1) is 17.0. The van der Waals surface area contributed by atoms with Crippen molar-refractivity contribution in [2.45, 2.75) is 26.7 Å². The van der Waals surface area contributed by atoms with Crippen LogP contribution in [0.4, 0.5) is 0 Å². The molecule has 0 spiro atoms. The lowest BCUT2D eigenvalue weighted by Gasteiger charge is -2.08. The lowest BCUT2D eigenvalue weighted by molar-refractivity contribution is -0.123. The highest BCUT2D eigenvalue weighted by atomic mass is 16.5. The number of hydrogen-bond acceptors (Lipinski definition) is 3. The summed E-state index contributed by atoms with van der Waals surface area (Å²) in [5.74, 6) is 1.08. The van der Waals surface area contributed by atoms with Gasteiger partial charge in [0.1, 0.15) is 5.75 Å². The number of carbonyl (C=O) groups excluding carboxylic acids is 2. The van der Waals surface area contributed by atoms with Gasteiger partial charge in [-0.3, -0.25) is 9.59 Å². The number of rotatable bonds is 8. The standard InChI is InChI=1S/C16H24N2O3/c1-12(2)10-15(19)17-8-9-18-16(20)11-13-4-6-14(21-3)7-5-13/h4-7,12H,8-11H2,1-3H3,(H,17,19)(H,18,20). The third-order valence-corrected chi connectivity index (χ3v) is 2.89. The molecule has 0 fully saturated rings. The second-order valence-electron chi connectivity index (χ2n) is 5.32. The van der Waals surface area contributed by atoms with E-state index in [1.165, 1.54) is 0 Å². The Morgan fingerprint density at radius 1 is 1.05 bits per heavy atom. The van der Waals surface area contributed by atoms with Crippen molar-refractivity contribution in [2.75, 3.05) is 20.2 Å². The Hall–Kier alpha value is -2.04. The highest BCUT2D eigenvalue weighted by molar-refractivity contribution is 5.79. The van der Waals surface area contributed by atoms with Crippen LogP contribution < -0.4 is 15.4 Å². The number of carbonyl (C=O) groups is 2. The second-order valence-corrected chi connectivity index (χ2v) is 5.32. The van der Waals surface area contributed by atoms with Crippen LogP contribution in [0.15, 0.2) is 24.3 Å². The van der Waals surface area contributed by atoms with Crippen molar-refractivity contribution in [1.29, 1.82) is 0 Å². The van der Waals surface area contributed by atoms with Crippen LogP contribution in [0.3, 0.4) is 0 Å². The first-order chi connectivity index (χ1) is 10.0. The van der Waals surface area contributed by atoms with Gasteiger partial charge in [-0.05, 0) is 23.6 Å². The van der Waals surface area contributed by atoms with E-state index in [9.17, 15) is 9.59 Å². The maximum atomic E-state index is 11.7. The summed E-state index contributed by atoms with van der Waals surface area (Å²) in [6.07, 6.45) is 0.837. The second kappa shape index (κ2) is 9.00. The molecule has 2 amide bonds. The molecule has 5 nitrogen and oxygen atoms in total. The zero-order valence-corrected chi connectivity index (χ0v) is 12.9. The highest BCUT2D eigenvalue weighted by Crippen LogP contribution is 2.11. The number of amides is 2. The number of hydrogen-bond donors (Lipinski definition) is 2. The van der Waals surface area contributed by atoms with Gasteiger partial charge in [0.05, 0.1) is 13.5 Å². The average molecular weight is 292 g/mol. The highest BCUT2D eigenvalue weighted by Gasteiger charge is 2.05. The monoisotopic (exact) mass is 292 g/mol. The van der Waals surface area contributed by atoms with Crippen LogP contribution in [0, 0.1) is 5.92 Å². The molecule has 0 aliphatic carbocycles. The van der Waals surface area contributed by atoms with Crippen molar-refractivity contribution in [3.8, 4) is 5.75 Å². The van der Waals surface area contributed by atoms with Crippen LogP contribution in [-0.2, 0) is 16.0 Å². The Bertz CT molecular complexity index is 455. The molecule has 0 aromatic heterocycles. The van der Waals surface area contributed by atoms with Crippen molar-refractivity contribution < 1.29 is 14.3 Å². The van der Waals surface area contributed by atoms with Gasteiger partial charge in [0, 0.05) is 19.5 Å². The lowest BCUT2D eigenvalue weighted by atomic mass is 10.1. The third kappa shape index (κ3) is 7.34. The fraction of sp³-hybridized carbons (Fsp3) is 0.500.